The molecule has 0 spiro atoms. The molecule has 0 bridgehead atoms. The third-order valence-electron chi connectivity index (χ3n) is 7.06. The average molecular weight is 498 g/mol. The molecule has 7 heteroatoms. The largest absolute Gasteiger partial charge is 0.379 e. The predicted octanol–water partition coefficient (Wildman–Crippen LogP) is 4.70. The SMILES string of the molecule is CCc1cccc(CC)c1N1C(=O)c2ccc(C(=O)Nc3ccc(CN4CCOCC4)cc3)cc2C1=O. The Labute approximate surface area is 217 Å². The minimum absolute atomic E-state index is 0.256. The number of nitrogens with one attached hydrogen (secondary N) is 1. The van der Waals surface area contributed by atoms with Crippen LogP contribution < -0.4 is 10.2 Å². The molecule has 1 fully saturated rings. The Kier molecular flexibility index (Phi) is 7.17. The number of amides is 3. The highest BCUT2D eigenvalue weighted by Gasteiger charge is 2.38. The van der Waals surface area contributed by atoms with Gasteiger partial charge in [0.15, 0.2) is 0 Å². The molecule has 0 aromatic heterocycles. The molecule has 190 valence electrons. The Morgan fingerprint density at radius 3 is 2.16 bits per heavy atom. The third-order valence-corrected chi connectivity index (χ3v) is 7.06. The van der Waals surface area contributed by atoms with Crippen LogP contribution in [-0.2, 0) is 24.1 Å². The first-order valence-corrected chi connectivity index (χ1v) is 12.8. The van der Waals surface area contributed by atoms with Gasteiger partial charge >= 0.3 is 0 Å². The lowest BCUT2D eigenvalue weighted by atomic mass is 10.0. The van der Waals surface area contributed by atoms with Crippen LogP contribution in [0.4, 0.5) is 11.4 Å². The molecule has 1 N–H and O–H groups in total. The summed E-state index contributed by atoms with van der Waals surface area (Å²) in [7, 11) is 0. The molecule has 2 aliphatic rings. The number of anilines is 2. The number of hydrogen-bond acceptors (Lipinski definition) is 5. The Hall–Kier alpha value is -3.81. The van der Waals surface area contributed by atoms with Gasteiger partial charge in [-0.3, -0.25) is 19.3 Å². The summed E-state index contributed by atoms with van der Waals surface area (Å²) in [6.07, 6.45) is 1.41. The lowest BCUT2D eigenvalue weighted by molar-refractivity contribution is 0.0342. The highest BCUT2D eigenvalue weighted by Crippen LogP contribution is 2.34. The van der Waals surface area contributed by atoms with E-state index in [1.54, 1.807) is 12.1 Å². The zero-order valence-electron chi connectivity index (χ0n) is 21.3. The van der Waals surface area contributed by atoms with Crippen LogP contribution in [0.25, 0.3) is 0 Å². The smallest absolute Gasteiger partial charge is 0.266 e. The Bertz CT molecular complexity index is 1320. The number of rotatable bonds is 7. The second-order valence-electron chi connectivity index (χ2n) is 9.38. The first-order chi connectivity index (χ1) is 18.0. The summed E-state index contributed by atoms with van der Waals surface area (Å²) in [5, 5.41) is 2.90. The number of fused-ring (bicyclic) bond motifs is 1. The van der Waals surface area contributed by atoms with E-state index in [0.717, 1.165) is 44.0 Å². The number of carbonyl (C=O) groups excluding carboxylic acids is 3. The van der Waals surface area contributed by atoms with Crippen molar-refractivity contribution >= 4 is 29.1 Å². The van der Waals surface area contributed by atoms with Gasteiger partial charge in [0.2, 0.25) is 0 Å². The zero-order valence-corrected chi connectivity index (χ0v) is 21.3. The minimum Gasteiger partial charge on any atom is -0.379 e. The van der Waals surface area contributed by atoms with E-state index in [1.165, 1.54) is 16.5 Å². The summed E-state index contributed by atoms with van der Waals surface area (Å²) >= 11 is 0. The monoisotopic (exact) mass is 497 g/mol. The molecule has 5 rings (SSSR count). The van der Waals surface area contributed by atoms with E-state index in [0.29, 0.717) is 35.3 Å². The lowest BCUT2D eigenvalue weighted by Gasteiger charge is -2.26. The van der Waals surface area contributed by atoms with E-state index in [2.05, 4.69) is 10.2 Å². The first kappa shape index (κ1) is 24.9. The molecular formula is C30H31N3O4. The summed E-state index contributed by atoms with van der Waals surface area (Å²) < 4.78 is 5.40. The molecule has 0 radical (unpaired) electrons. The number of benzene rings is 3. The maximum Gasteiger partial charge on any atom is 0.266 e. The molecule has 2 heterocycles. The standard InChI is InChI=1S/C30H31N3O4/c1-3-21-6-5-7-22(4-2)27(21)33-29(35)25-13-10-23(18-26(25)30(33)36)28(34)31-24-11-8-20(9-12-24)19-32-14-16-37-17-15-32/h5-13,18H,3-4,14-17,19H2,1-2H3,(H,31,34). The van der Waals surface area contributed by atoms with E-state index in [1.807, 2.05) is 56.3 Å². The fourth-order valence-electron chi connectivity index (χ4n) is 5.00. The van der Waals surface area contributed by atoms with Crippen molar-refractivity contribution in [2.45, 2.75) is 33.2 Å². The van der Waals surface area contributed by atoms with Gasteiger partial charge in [-0.1, -0.05) is 44.2 Å². The number of carbonyl (C=O) groups is 3. The summed E-state index contributed by atoms with van der Waals surface area (Å²) in [6.45, 7) is 8.20. The maximum absolute atomic E-state index is 13.4. The molecular weight excluding hydrogens is 466 g/mol. The van der Waals surface area contributed by atoms with Crippen LogP contribution >= 0.6 is 0 Å². The molecule has 1 saturated heterocycles. The van der Waals surface area contributed by atoms with Crippen LogP contribution in [0.2, 0.25) is 0 Å². The molecule has 0 atom stereocenters. The highest BCUT2D eigenvalue weighted by atomic mass is 16.5. The van der Waals surface area contributed by atoms with Gasteiger partial charge in [0.1, 0.15) is 0 Å². The van der Waals surface area contributed by atoms with Crippen LogP contribution in [0.5, 0.6) is 0 Å². The summed E-state index contributed by atoms with van der Waals surface area (Å²) in [5.41, 5.74) is 5.31. The molecule has 3 aromatic carbocycles. The van der Waals surface area contributed by atoms with Crippen molar-refractivity contribution in [2.75, 3.05) is 36.5 Å². The van der Waals surface area contributed by atoms with Crippen molar-refractivity contribution in [3.63, 3.8) is 0 Å². The number of nitrogens with zero attached hydrogens (tertiary/aromatic N) is 2. The van der Waals surface area contributed by atoms with Gasteiger partial charge in [-0.05, 0) is 59.9 Å². The Morgan fingerprint density at radius 2 is 1.51 bits per heavy atom. The van der Waals surface area contributed by atoms with E-state index in [-0.39, 0.29) is 17.4 Å². The minimum atomic E-state index is -0.391. The fourth-order valence-corrected chi connectivity index (χ4v) is 5.00. The first-order valence-electron chi connectivity index (χ1n) is 12.8. The number of aryl methyl sites for hydroxylation is 2. The van der Waals surface area contributed by atoms with Crippen molar-refractivity contribution in [1.29, 1.82) is 0 Å². The van der Waals surface area contributed by atoms with Crippen molar-refractivity contribution < 1.29 is 19.1 Å². The topological polar surface area (TPSA) is 79.0 Å². The second kappa shape index (κ2) is 10.7. The Balaban J connectivity index is 1.33. The maximum atomic E-state index is 13.4. The van der Waals surface area contributed by atoms with Crippen molar-refractivity contribution in [1.82, 2.24) is 4.90 Å². The molecule has 0 aliphatic carbocycles. The second-order valence-corrected chi connectivity index (χ2v) is 9.38. The van der Waals surface area contributed by atoms with E-state index < -0.39 is 5.91 Å². The molecule has 3 amide bonds. The van der Waals surface area contributed by atoms with Gasteiger partial charge in [-0.25, -0.2) is 4.90 Å². The summed E-state index contributed by atoms with van der Waals surface area (Å²) in [5.74, 6) is -1.07. The van der Waals surface area contributed by atoms with Crippen LogP contribution in [0.1, 0.15) is 61.6 Å². The van der Waals surface area contributed by atoms with E-state index in [4.69, 9.17) is 4.74 Å². The Morgan fingerprint density at radius 1 is 0.865 bits per heavy atom. The van der Waals surface area contributed by atoms with Gasteiger partial charge in [0.25, 0.3) is 17.7 Å². The highest BCUT2D eigenvalue weighted by molar-refractivity contribution is 6.35. The molecule has 0 saturated carbocycles. The third kappa shape index (κ3) is 4.92. The van der Waals surface area contributed by atoms with Crippen LogP contribution in [0, 0.1) is 0 Å². The van der Waals surface area contributed by atoms with E-state index in [9.17, 15) is 14.4 Å². The summed E-state index contributed by atoms with van der Waals surface area (Å²) in [6, 6.07) is 18.3. The quantitative estimate of drug-likeness (QED) is 0.479. The number of para-hydroxylation sites is 1. The fraction of sp³-hybridized carbons (Fsp3) is 0.300. The van der Waals surface area contributed by atoms with Crippen molar-refractivity contribution in [3.8, 4) is 0 Å². The van der Waals surface area contributed by atoms with Crippen molar-refractivity contribution in [2.24, 2.45) is 0 Å². The number of ether oxygens (including phenoxy) is 1. The summed E-state index contributed by atoms with van der Waals surface area (Å²) in [4.78, 5) is 43.4. The van der Waals surface area contributed by atoms with Crippen molar-refractivity contribution in [3.05, 3.63) is 94.0 Å². The average Bonchev–Trinajstić information content (AvgIpc) is 3.18. The normalized spacial score (nSPS) is 15.7. The van der Waals surface area contributed by atoms with Crippen LogP contribution in [0.3, 0.4) is 0 Å². The predicted molar refractivity (Wildman–Crippen MR) is 143 cm³/mol. The molecule has 2 aliphatic heterocycles. The van der Waals surface area contributed by atoms with E-state index >= 15 is 0 Å². The lowest BCUT2D eigenvalue weighted by Crippen LogP contribution is -2.35. The molecule has 37 heavy (non-hydrogen) atoms. The van der Waals surface area contributed by atoms with Gasteiger partial charge in [0, 0.05) is 30.9 Å². The van der Waals surface area contributed by atoms with Gasteiger partial charge in [-0.2, -0.15) is 0 Å². The van der Waals surface area contributed by atoms with Gasteiger partial charge in [0.05, 0.1) is 30.0 Å². The zero-order chi connectivity index (χ0) is 25.9. The van der Waals surface area contributed by atoms with Gasteiger partial charge in [-0.15, -0.1) is 0 Å². The number of morpholine rings is 1. The van der Waals surface area contributed by atoms with Crippen LogP contribution in [0.15, 0.2) is 60.7 Å². The molecule has 3 aromatic rings. The molecule has 0 unspecified atom stereocenters. The molecule has 7 nitrogen and oxygen atoms in total. The van der Waals surface area contributed by atoms with Gasteiger partial charge < -0.3 is 10.1 Å². The number of hydrogen-bond donors (Lipinski definition) is 1. The number of imide groups is 1. The van der Waals surface area contributed by atoms with Crippen LogP contribution in [-0.4, -0.2) is 48.9 Å².